The average molecular weight is 271 g/mol. The highest BCUT2D eigenvalue weighted by molar-refractivity contribution is 5.91. The van der Waals surface area contributed by atoms with E-state index in [0.717, 1.165) is 19.3 Å². The highest BCUT2D eigenvalue weighted by Gasteiger charge is 2.34. The molecule has 1 rings (SSSR count). The number of carboxylic acids is 1. The fourth-order valence-corrected chi connectivity index (χ4v) is 2.00. The van der Waals surface area contributed by atoms with Gasteiger partial charge in [-0.25, -0.2) is 4.79 Å². The number of nitrogens with one attached hydrogen (secondary N) is 2. The normalized spacial score (nSPS) is 18.9. The number of amides is 3. The summed E-state index contributed by atoms with van der Waals surface area (Å²) >= 11 is 0. The Balaban J connectivity index is 2.53. The monoisotopic (exact) mass is 271 g/mol. The van der Waals surface area contributed by atoms with Crippen molar-refractivity contribution >= 4 is 17.9 Å². The molecule has 3 amide bonds. The van der Waals surface area contributed by atoms with E-state index in [-0.39, 0.29) is 12.5 Å². The van der Waals surface area contributed by atoms with Gasteiger partial charge in [-0.1, -0.05) is 19.8 Å². The van der Waals surface area contributed by atoms with E-state index in [9.17, 15) is 14.4 Å². The number of hydrogen-bond acceptors (Lipinski definition) is 3. The number of carbonyl (C=O) groups excluding carboxylic acids is 2. The number of carbonyl (C=O) groups is 3. The van der Waals surface area contributed by atoms with Gasteiger partial charge in [-0.2, -0.15) is 0 Å². The Morgan fingerprint density at radius 1 is 1.47 bits per heavy atom. The molecule has 0 aliphatic carbocycles. The first-order valence-electron chi connectivity index (χ1n) is 6.60. The third-order valence-corrected chi connectivity index (χ3v) is 3.02. The zero-order chi connectivity index (χ0) is 14.3. The molecule has 1 atom stereocenters. The van der Waals surface area contributed by atoms with Crippen LogP contribution in [0.2, 0.25) is 0 Å². The van der Waals surface area contributed by atoms with Crippen LogP contribution in [0.5, 0.6) is 0 Å². The standard InChI is InChI=1S/C12H21N3O4/c1-2-3-4-5-14-12(19)15-7-6-13-11(18)9(15)8-10(16)17/h9H,2-8H2,1H3,(H,13,18)(H,14,19)(H,16,17). The van der Waals surface area contributed by atoms with E-state index in [0.29, 0.717) is 19.6 Å². The van der Waals surface area contributed by atoms with Crippen LogP contribution in [0.15, 0.2) is 0 Å². The van der Waals surface area contributed by atoms with E-state index in [2.05, 4.69) is 17.6 Å². The molecule has 0 bridgehead atoms. The summed E-state index contributed by atoms with van der Waals surface area (Å²) in [5, 5.41) is 14.1. The topological polar surface area (TPSA) is 98.7 Å². The molecular formula is C12H21N3O4. The quantitative estimate of drug-likeness (QED) is 0.599. The van der Waals surface area contributed by atoms with Crippen molar-refractivity contribution in [1.29, 1.82) is 0 Å². The number of unbranched alkanes of at least 4 members (excludes halogenated alkanes) is 2. The molecule has 1 heterocycles. The van der Waals surface area contributed by atoms with Crippen molar-refractivity contribution in [2.45, 2.75) is 38.6 Å². The van der Waals surface area contributed by atoms with Gasteiger partial charge in [-0.3, -0.25) is 9.59 Å². The van der Waals surface area contributed by atoms with Gasteiger partial charge in [-0.15, -0.1) is 0 Å². The first-order chi connectivity index (χ1) is 9.06. The van der Waals surface area contributed by atoms with Crippen molar-refractivity contribution in [2.75, 3.05) is 19.6 Å². The van der Waals surface area contributed by atoms with Crippen LogP contribution in [0, 0.1) is 0 Å². The molecule has 7 nitrogen and oxygen atoms in total. The van der Waals surface area contributed by atoms with Crippen LogP contribution in [0.4, 0.5) is 4.79 Å². The van der Waals surface area contributed by atoms with Gasteiger partial charge in [0.1, 0.15) is 6.04 Å². The molecule has 7 heteroatoms. The number of nitrogens with zero attached hydrogens (tertiary/aromatic N) is 1. The Hall–Kier alpha value is -1.79. The molecule has 1 saturated heterocycles. The summed E-state index contributed by atoms with van der Waals surface area (Å²) in [5.74, 6) is -1.50. The molecule has 0 aromatic heterocycles. The van der Waals surface area contributed by atoms with Crippen molar-refractivity contribution in [3.63, 3.8) is 0 Å². The largest absolute Gasteiger partial charge is 0.481 e. The first-order valence-corrected chi connectivity index (χ1v) is 6.60. The van der Waals surface area contributed by atoms with Gasteiger partial charge in [0.05, 0.1) is 6.42 Å². The number of carboxylic acid groups (broad SMARTS) is 1. The molecule has 0 aromatic carbocycles. The molecule has 3 N–H and O–H groups in total. The van der Waals surface area contributed by atoms with Crippen LogP contribution in [-0.4, -0.2) is 53.6 Å². The van der Waals surface area contributed by atoms with E-state index in [1.54, 1.807) is 0 Å². The Kier molecular flexibility index (Phi) is 6.11. The summed E-state index contributed by atoms with van der Waals surface area (Å²) in [6.45, 7) is 3.31. The van der Waals surface area contributed by atoms with Gasteiger partial charge < -0.3 is 20.6 Å². The van der Waals surface area contributed by atoms with Gasteiger partial charge in [0.15, 0.2) is 0 Å². The van der Waals surface area contributed by atoms with E-state index in [1.165, 1.54) is 4.90 Å². The summed E-state index contributed by atoms with van der Waals surface area (Å²) < 4.78 is 0. The van der Waals surface area contributed by atoms with E-state index >= 15 is 0 Å². The third-order valence-electron chi connectivity index (χ3n) is 3.02. The predicted octanol–water partition coefficient (Wildman–Crippen LogP) is 0.161. The number of hydrogen-bond donors (Lipinski definition) is 3. The van der Waals surface area contributed by atoms with Crippen LogP contribution in [0.3, 0.4) is 0 Å². The predicted molar refractivity (Wildman–Crippen MR) is 68.7 cm³/mol. The minimum absolute atomic E-state index is 0.337. The molecule has 0 spiro atoms. The maximum Gasteiger partial charge on any atom is 0.318 e. The molecular weight excluding hydrogens is 250 g/mol. The summed E-state index contributed by atoms with van der Waals surface area (Å²) in [5.41, 5.74) is 0. The van der Waals surface area contributed by atoms with Crippen molar-refractivity contribution < 1.29 is 19.5 Å². The van der Waals surface area contributed by atoms with Crippen LogP contribution in [0.25, 0.3) is 0 Å². The van der Waals surface area contributed by atoms with Gasteiger partial charge >= 0.3 is 12.0 Å². The van der Waals surface area contributed by atoms with Crippen LogP contribution >= 0.6 is 0 Å². The molecule has 0 aromatic rings. The smallest absolute Gasteiger partial charge is 0.318 e. The highest BCUT2D eigenvalue weighted by atomic mass is 16.4. The van der Waals surface area contributed by atoms with Crippen LogP contribution < -0.4 is 10.6 Å². The second-order valence-electron chi connectivity index (χ2n) is 4.54. The minimum Gasteiger partial charge on any atom is -0.481 e. The van der Waals surface area contributed by atoms with Crippen LogP contribution in [0.1, 0.15) is 32.6 Å². The lowest BCUT2D eigenvalue weighted by Gasteiger charge is -2.34. The summed E-state index contributed by atoms with van der Waals surface area (Å²) in [6, 6.07) is -1.28. The summed E-state index contributed by atoms with van der Waals surface area (Å²) in [7, 11) is 0. The van der Waals surface area contributed by atoms with Crippen molar-refractivity contribution in [3.8, 4) is 0 Å². The number of urea groups is 1. The van der Waals surface area contributed by atoms with E-state index in [4.69, 9.17) is 5.11 Å². The Bertz CT molecular complexity index is 346. The molecule has 108 valence electrons. The third kappa shape index (κ3) is 4.76. The summed E-state index contributed by atoms with van der Waals surface area (Å²) in [6.07, 6.45) is 2.60. The SMILES string of the molecule is CCCCCNC(=O)N1CCNC(=O)C1CC(=O)O. The Labute approximate surface area is 112 Å². The second-order valence-corrected chi connectivity index (χ2v) is 4.54. The zero-order valence-electron chi connectivity index (χ0n) is 11.1. The zero-order valence-corrected chi connectivity index (χ0v) is 11.1. The molecule has 1 fully saturated rings. The first kappa shape index (κ1) is 15.3. The van der Waals surface area contributed by atoms with E-state index in [1.807, 2.05) is 0 Å². The molecule has 1 aliphatic rings. The van der Waals surface area contributed by atoms with Crippen molar-refractivity contribution in [2.24, 2.45) is 0 Å². The Morgan fingerprint density at radius 3 is 2.84 bits per heavy atom. The maximum absolute atomic E-state index is 11.9. The molecule has 1 aliphatic heterocycles. The van der Waals surface area contributed by atoms with Gasteiger partial charge in [0.25, 0.3) is 0 Å². The van der Waals surface area contributed by atoms with Crippen LogP contribution in [-0.2, 0) is 9.59 Å². The maximum atomic E-state index is 11.9. The molecule has 0 radical (unpaired) electrons. The fraction of sp³-hybridized carbons (Fsp3) is 0.750. The lowest BCUT2D eigenvalue weighted by molar-refractivity contribution is -0.142. The molecule has 19 heavy (non-hydrogen) atoms. The van der Waals surface area contributed by atoms with Crippen molar-refractivity contribution in [3.05, 3.63) is 0 Å². The number of piperazine rings is 1. The lowest BCUT2D eigenvalue weighted by atomic mass is 10.1. The number of aliphatic carboxylic acids is 1. The Morgan fingerprint density at radius 2 is 2.21 bits per heavy atom. The lowest BCUT2D eigenvalue weighted by Crippen LogP contribution is -2.60. The van der Waals surface area contributed by atoms with Gasteiger partial charge in [0, 0.05) is 19.6 Å². The second kappa shape index (κ2) is 7.60. The molecule has 0 saturated carbocycles. The average Bonchev–Trinajstić information content (AvgIpc) is 2.36. The fourth-order valence-electron chi connectivity index (χ4n) is 2.00. The van der Waals surface area contributed by atoms with Gasteiger partial charge in [0.2, 0.25) is 5.91 Å². The minimum atomic E-state index is -1.09. The molecule has 1 unspecified atom stereocenters. The highest BCUT2D eigenvalue weighted by Crippen LogP contribution is 2.09. The number of rotatable bonds is 6. The van der Waals surface area contributed by atoms with Crippen molar-refractivity contribution in [1.82, 2.24) is 15.5 Å². The summed E-state index contributed by atoms with van der Waals surface area (Å²) in [4.78, 5) is 35.6. The van der Waals surface area contributed by atoms with Gasteiger partial charge in [-0.05, 0) is 6.42 Å². The van der Waals surface area contributed by atoms with E-state index < -0.39 is 17.9 Å².